The average molecular weight is 225 g/mol. The normalized spacial score (nSPS) is 22.6. The van der Waals surface area contributed by atoms with Crippen LogP contribution < -0.4 is 4.74 Å². The van der Waals surface area contributed by atoms with Crippen molar-refractivity contribution >= 4 is 0 Å². The zero-order valence-corrected chi connectivity index (χ0v) is 9.84. The van der Waals surface area contributed by atoms with E-state index in [0.717, 1.165) is 12.2 Å². The van der Waals surface area contributed by atoms with Crippen LogP contribution in [0.5, 0.6) is 5.75 Å². The molecule has 0 aliphatic carbocycles. The first-order valence-electron chi connectivity index (χ1n) is 5.99. The van der Waals surface area contributed by atoms with Crippen molar-refractivity contribution in [2.45, 2.75) is 25.4 Å². The lowest BCUT2D eigenvalue weighted by molar-refractivity contribution is 0.167. The lowest BCUT2D eigenvalue weighted by Crippen LogP contribution is -2.28. The Bertz CT molecular complexity index is 509. The third-order valence-corrected chi connectivity index (χ3v) is 3.40. The van der Waals surface area contributed by atoms with Crippen molar-refractivity contribution in [2.75, 3.05) is 0 Å². The van der Waals surface area contributed by atoms with E-state index in [9.17, 15) is 0 Å². The van der Waals surface area contributed by atoms with Gasteiger partial charge in [-0.3, -0.25) is 4.98 Å². The SMILES string of the molecule is CC1Oc2ccccc2CC1c1cccnc1. The number of para-hydroxylation sites is 1. The highest BCUT2D eigenvalue weighted by atomic mass is 16.5. The van der Waals surface area contributed by atoms with E-state index >= 15 is 0 Å². The molecule has 3 rings (SSSR count). The number of benzene rings is 1. The van der Waals surface area contributed by atoms with Crippen LogP contribution in [0.25, 0.3) is 0 Å². The number of ether oxygens (including phenoxy) is 1. The van der Waals surface area contributed by atoms with Gasteiger partial charge < -0.3 is 4.74 Å². The predicted octanol–water partition coefficient (Wildman–Crippen LogP) is 3.19. The molecule has 0 N–H and O–H groups in total. The summed E-state index contributed by atoms with van der Waals surface area (Å²) in [6.45, 7) is 2.13. The van der Waals surface area contributed by atoms with Crippen LogP contribution in [0.3, 0.4) is 0 Å². The Hall–Kier alpha value is -1.83. The largest absolute Gasteiger partial charge is 0.490 e. The molecule has 2 heterocycles. The van der Waals surface area contributed by atoms with Gasteiger partial charge in [0, 0.05) is 18.3 Å². The Morgan fingerprint density at radius 2 is 2.06 bits per heavy atom. The number of pyridine rings is 1. The van der Waals surface area contributed by atoms with Crippen LogP contribution in [-0.2, 0) is 6.42 Å². The first kappa shape index (κ1) is 10.3. The lowest BCUT2D eigenvalue weighted by atomic mass is 9.86. The van der Waals surface area contributed by atoms with Crippen LogP contribution in [0.2, 0.25) is 0 Å². The van der Waals surface area contributed by atoms with E-state index < -0.39 is 0 Å². The fraction of sp³-hybridized carbons (Fsp3) is 0.267. The Morgan fingerprint density at radius 3 is 2.88 bits per heavy atom. The van der Waals surface area contributed by atoms with Gasteiger partial charge in [0.1, 0.15) is 11.9 Å². The maximum absolute atomic E-state index is 5.97. The monoisotopic (exact) mass is 225 g/mol. The second kappa shape index (κ2) is 4.21. The van der Waals surface area contributed by atoms with Gasteiger partial charge in [0.25, 0.3) is 0 Å². The molecule has 2 heteroatoms. The molecule has 0 saturated heterocycles. The molecule has 0 radical (unpaired) electrons. The first-order valence-corrected chi connectivity index (χ1v) is 5.99. The van der Waals surface area contributed by atoms with Crippen molar-refractivity contribution < 1.29 is 4.74 Å². The van der Waals surface area contributed by atoms with Crippen LogP contribution in [0.4, 0.5) is 0 Å². The molecule has 0 fully saturated rings. The van der Waals surface area contributed by atoms with Gasteiger partial charge in [0.15, 0.2) is 0 Å². The fourth-order valence-electron chi connectivity index (χ4n) is 2.46. The minimum absolute atomic E-state index is 0.203. The zero-order valence-electron chi connectivity index (χ0n) is 9.84. The smallest absolute Gasteiger partial charge is 0.122 e. The van der Waals surface area contributed by atoms with Crippen molar-refractivity contribution in [2.24, 2.45) is 0 Å². The molecule has 1 aromatic heterocycles. The summed E-state index contributed by atoms with van der Waals surface area (Å²) in [6.07, 6.45) is 4.99. The quantitative estimate of drug-likeness (QED) is 0.743. The molecule has 2 atom stereocenters. The van der Waals surface area contributed by atoms with Crippen LogP contribution in [-0.4, -0.2) is 11.1 Å². The zero-order chi connectivity index (χ0) is 11.7. The molecule has 1 aromatic carbocycles. The molecule has 2 aromatic rings. The third-order valence-electron chi connectivity index (χ3n) is 3.40. The fourth-order valence-corrected chi connectivity index (χ4v) is 2.46. The highest BCUT2D eigenvalue weighted by Gasteiger charge is 2.27. The average Bonchev–Trinajstić information content (AvgIpc) is 2.39. The van der Waals surface area contributed by atoms with Crippen molar-refractivity contribution in [3.8, 4) is 5.75 Å². The van der Waals surface area contributed by atoms with Crippen LogP contribution in [0.15, 0.2) is 48.8 Å². The van der Waals surface area contributed by atoms with Crippen LogP contribution in [0, 0.1) is 0 Å². The van der Waals surface area contributed by atoms with Crippen molar-refractivity contribution in [3.63, 3.8) is 0 Å². The molecule has 1 aliphatic heterocycles. The second-order valence-corrected chi connectivity index (χ2v) is 4.53. The Balaban J connectivity index is 1.95. The summed E-state index contributed by atoms with van der Waals surface area (Å²) < 4.78 is 5.97. The van der Waals surface area contributed by atoms with Crippen LogP contribution >= 0.6 is 0 Å². The van der Waals surface area contributed by atoms with Gasteiger partial charge in [-0.25, -0.2) is 0 Å². The molecule has 17 heavy (non-hydrogen) atoms. The lowest BCUT2D eigenvalue weighted by Gasteiger charge is -2.31. The van der Waals surface area contributed by atoms with Crippen molar-refractivity contribution in [1.29, 1.82) is 0 Å². The molecule has 0 spiro atoms. The standard InChI is InChI=1S/C15H15NO/c1-11-14(13-6-4-8-16-10-13)9-12-5-2-3-7-15(12)17-11/h2-8,10-11,14H,9H2,1H3. The molecule has 0 bridgehead atoms. The van der Waals surface area contributed by atoms with Gasteiger partial charge in [-0.05, 0) is 36.6 Å². The molecular weight excluding hydrogens is 210 g/mol. The number of hydrogen-bond donors (Lipinski definition) is 0. The Labute approximate surface area is 101 Å². The van der Waals surface area contributed by atoms with E-state index in [2.05, 4.69) is 30.1 Å². The predicted molar refractivity (Wildman–Crippen MR) is 67.2 cm³/mol. The summed E-state index contributed by atoms with van der Waals surface area (Å²) in [7, 11) is 0. The molecule has 1 aliphatic rings. The minimum atomic E-state index is 0.203. The van der Waals surface area contributed by atoms with E-state index in [-0.39, 0.29) is 6.10 Å². The highest BCUT2D eigenvalue weighted by Crippen LogP contribution is 2.35. The van der Waals surface area contributed by atoms with Crippen molar-refractivity contribution in [3.05, 3.63) is 59.9 Å². The molecular formula is C15H15NO. The summed E-state index contributed by atoms with van der Waals surface area (Å²) in [5.74, 6) is 1.43. The van der Waals surface area contributed by atoms with E-state index in [1.807, 2.05) is 30.6 Å². The molecule has 0 saturated carbocycles. The topological polar surface area (TPSA) is 22.1 Å². The van der Waals surface area contributed by atoms with E-state index in [1.54, 1.807) is 0 Å². The van der Waals surface area contributed by atoms with Gasteiger partial charge in [0.05, 0.1) is 0 Å². The van der Waals surface area contributed by atoms with E-state index in [1.165, 1.54) is 11.1 Å². The molecule has 86 valence electrons. The van der Waals surface area contributed by atoms with Crippen molar-refractivity contribution in [1.82, 2.24) is 4.98 Å². The number of rotatable bonds is 1. The first-order chi connectivity index (χ1) is 8.34. The summed E-state index contributed by atoms with van der Waals surface area (Å²) in [6, 6.07) is 12.4. The summed E-state index contributed by atoms with van der Waals surface area (Å²) in [4.78, 5) is 4.19. The second-order valence-electron chi connectivity index (χ2n) is 4.53. The number of nitrogens with zero attached hydrogens (tertiary/aromatic N) is 1. The maximum Gasteiger partial charge on any atom is 0.122 e. The molecule has 0 amide bonds. The Kier molecular flexibility index (Phi) is 2.56. The highest BCUT2D eigenvalue weighted by molar-refractivity contribution is 5.38. The number of fused-ring (bicyclic) bond motifs is 1. The van der Waals surface area contributed by atoms with Crippen LogP contribution in [0.1, 0.15) is 24.0 Å². The summed E-state index contributed by atoms with van der Waals surface area (Å²) in [5, 5.41) is 0. The minimum Gasteiger partial charge on any atom is -0.490 e. The number of hydrogen-bond acceptors (Lipinski definition) is 2. The maximum atomic E-state index is 5.97. The molecule has 2 nitrogen and oxygen atoms in total. The summed E-state index contributed by atoms with van der Waals surface area (Å²) in [5.41, 5.74) is 2.55. The van der Waals surface area contributed by atoms with Gasteiger partial charge in [-0.15, -0.1) is 0 Å². The molecule has 2 unspecified atom stereocenters. The number of aromatic nitrogens is 1. The Morgan fingerprint density at radius 1 is 1.18 bits per heavy atom. The van der Waals surface area contributed by atoms with Gasteiger partial charge in [0.2, 0.25) is 0 Å². The summed E-state index contributed by atoms with van der Waals surface area (Å²) >= 11 is 0. The van der Waals surface area contributed by atoms with E-state index in [4.69, 9.17) is 4.74 Å². The van der Waals surface area contributed by atoms with E-state index in [0.29, 0.717) is 5.92 Å². The van der Waals surface area contributed by atoms with Gasteiger partial charge in [-0.1, -0.05) is 24.3 Å². The van der Waals surface area contributed by atoms with Gasteiger partial charge in [-0.2, -0.15) is 0 Å². The van der Waals surface area contributed by atoms with Gasteiger partial charge >= 0.3 is 0 Å². The third kappa shape index (κ3) is 1.91.